The zero-order valence-corrected chi connectivity index (χ0v) is 12.0. The first kappa shape index (κ1) is 15.4. The Balaban J connectivity index is 3.25. The molecule has 0 saturated heterocycles. The summed E-state index contributed by atoms with van der Waals surface area (Å²) < 4.78 is 9.57. The molecule has 1 atom stereocenters. The van der Waals surface area contributed by atoms with Crippen molar-refractivity contribution in [2.24, 2.45) is 0 Å². The van der Waals surface area contributed by atoms with Crippen LogP contribution in [0.4, 0.5) is 11.9 Å². The van der Waals surface area contributed by atoms with Gasteiger partial charge in [0.2, 0.25) is 11.9 Å². The second kappa shape index (κ2) is 6.51. The molecule has 0 fully saturated rings. The van der Waals surface area contributed by atoms with E-state index < -0.39 is 12.0 Å². The number of anilines is 2. The van der Waals surface area contributed by atoms with E-state index in [4.69, 9.17) is 4.74 Å². The van der Waals surface area contributed by atoms with Crippen LogP contribution in [0.15, 0.2) is 0 Å². The van der Waals surface area contributed by atoms with E-state index in [1.165, 1.54) is 21.1 Å². The Labute approximate surface area is 116 Å². The van der Waals surface area contributed by atoms with E-state index in [-0.39, 0.29) is 12.0 Å². The summed E-state index contributed by atoms with van der Waals surface area (Å²) in [5, 5.41) is 9.20. The van der Waals surface area contributed by atoms with Crippen molar-refractivity contribution < 1.29 is 14.3 Å². The monoisotopic (exact) mass is 280 g/mol. The third-order valence-corrected chi connectivity index (χ3v) is 2.43. The number of methoxy groups -OCH3 is 2. The number of aromatic nitrogens is 3. The lowest BCUT2D eigenvalue weighted by molar-refractivity contribution is -0.141. The largest absolute Gasteiger partial charge is 0.467 e. The van der Waals surface area contributed by atoms with Crippen LogP contribution in [0.1, 0.15) is 6.92 Å². The maximum absolute atomic E-state index is 11.5. The number of carbonyl (C=O) groups is 1. The van der Waals surface area contributed by atoms with E-state index in [0.717, 1.165) is 4.90 Å². The van der Waals surface area contributed by atoms with Gasteiger partial charge in [-0.2, -0.15) is 20.2 Å². The molecule has 0 bridgehead atoms. The van der Waals surface area contributed by atoms with E-state index in [2.05, 4.69) is 19.7 Å². The van der Waals surface area contributed by atoms with Gasteiger partial charge in [0.15, 0.2) is 6.19 Å². The fraction of sp³-hybridized carbons (Fsp3) is 0.545. The van der Waals surface area contributed by atoms with Crippen molar-refractivity contribution in [2.75, 3.05) is 38.1 Å². The van der Waals surface area contributed by atoms with Crippen LogP contribution in [0.2, 0.25) is 0 Å². The summed E-state index contributed by atoms with van der Waals surface area (Å²) in [6, 6.07) is -0.803. The average Bonchev–Trinajstić information content (AvgIpc) is 2.46. The normalized spacial score (nSPS) is 11.2. The molecule has 20 heavy (non-hydrogen) atoms. The zero-order chi connectivity index (χ0) is 15.3. The molecule has 0 saturated carbocycles. The Hall–Kier alpha value is -2.63. The first-order valence-electron chi connectivity index (χ1n) is 5.68. The van der Waals surface area contributed by atoms with Crippen molar-refractivity contribution in [3.8, 4) is 12.2 Å². The van der Waals surface area contributed by atoms with Crippen molar-refractivity contribution >= 4 is 17.9 Å². The molecule has 1 rings (SSSR count). The molecule has 0 radical (unpaired) electrons. The topological polar surface area (TPSA) is 104 Å². The summed E-state index contributed by atoms with van der Waals surface area (Å²) in [6.07, 6.45) is 1.86. The number of nitriles is 1. The molecule has 108 valence electrons. The quantitative estimate of drug-likeness (QED) is 0.411. The molecule has 0 aliphatic heterocycles. The molecule has 0 aliphatic carbocycles. The second-order valence-corrected chi connectivity index (χ2v) is 3.99. The summed E-state index contributed by atoms with van der Waals surface area (Å²) in [6.45, 7) is 1.51. The molecule has 1 heterocycles. The molecule has 0 N–H and O–H groups in total. The van der Waals surface area contributed by atoms with Crippen LogP contribution >= 0.6 is 0 Å². The lowest BCUT2D eigenvalue weighted by atomic mass is 10.3. The van der Waals surface area contributed by atoms with Crippen LogP contribution in [0, 0.1) is 11.5 Å². The number of esters is 1. The van der Waals surface area contributed by atoms with Gasteiger partial charge in [-0.15, -0.1) is 0 Å². The van der Waals surface area contributed by atoms with Gasteiger partial charge in [-0.05, 0) is 6.92 Å². The number of nitrogens with zero attached hydrogens (tertiary/aromatic N) is 6. The molecule has 0 amide bonds. The molecule has 0 spiro atoms. The van der Waals surface area contributed by atoms with E-state index in [1.807, 2.05) is 6.19 Å². The highest BCUT2D eigenvalue weighted by molar-refractivity contribution is 5.79. The van der Waals surface area contributed by atoms with Gasteiger partial charge in [0.1, 0.15) is 6.04 Å². The predicted molar refractivity (Wildman–Crippen MR) is 70.3 cm³/mol. The minimum absolute atomic E-state index is 0.0148. The van der Waals surface area contributed by atoms with E-state index in [1.54, 1.807) is 19.0 Å². The number of ether oxygens (including phenoxy) is 2. The van der Waals surface area contributed by atoms with E-state index in [0.29, 0.717) is 5.95 Å². The standard InChI is InChI=1S/C11H16N6O3/c1-7(8(18)19-4)17(6-12)10-13-9(16(2)3)14-11(15-10)20-5/h7H,1-5H3/t7-/m1/s1. The molecule has 1 aromatic rings. The molecule has 9 nitrogen and oxygen atoms in total. The van der Waals surface area contributed by atoms with Gasteiger partial charge in [0.05, 0.1) is 14.2 Å². The van der Waals surface area contributed by atoms with Gasteiger partial charge in [-0.1, -0.05) is 0 Å². The van der Waals surface area contributed by atoms with Crippen molar-refractivity contribution in [3.05, 3.63) is 0 Å². The average molecular weight is 280 g/mol. The fourth-order valence-electron chi connectivity index (χ4n) is 1.32. The Kier molecular flexibility index (Phi) is 5.02. The van der Waals surface area contributed by atoms with Crippen LogP contribution in [0.25, 0.3) is 0 Å². The smallest absolute Gasteiger partial charge is 0.329 e. The van der Waals surface area contributed by atoms with Gasteiger partial charge in [-0.3, -0.25) is 0 Å². The summed E-state index contributed by atoms with van der Waals surface area (Å²) in [5.74, 6) is -0.248. The van der Waals surface area contributed by atoms with Crippen molar-refractivity contribution in [3.63, 3.8) is 0 Å². The molecule has 0 aliphatic rings. The lowest BCUT2D eigenvalue weighted by Crippen LogP contribution is -2.37. The highest BCUT2D eigenvalue weighted by atomic mass is 16.5. The Bertz CT molecular complexity index is 527. The fourth-order valence-corrected chi connectivity index (χ4v) is 1.32. The molecule has 1 aromatic heterocycles. The molecular formula is C11H16N6O3. The first-order chi connectivity index (χ1) is 9.44. The number of rotatable bonds is 5. The number of carbonyl (C=O) groups excluding carboxylic acids is 1. The second-order valence-electron chi connectivity index (χ2n) is 3.99. The van der Waals surface area contributed by atoms with Gasteiger partial charge < -0.3 is 14.4 Å². The summed E-state index contributed by atoms with van der Waals surface area (Å²) in [5.41, 5.74) is 0. The van der Waals surface area contributed by atoms with Gasteiger partial charge in [-0.25, -0.2) is 9.69 Å². The third-order valence-electron chi connectivity index (χ3n) is 2.43. The third kappa shape index (κ3) is 3.23. The Morgan fingerprint density at radius 3 is 2.30 bits per heavy atom. The van der Waals surface area contributed by atoms with Crippen molar-refractivity contribution in [1.29, 1.82) is 5.26 Å². The number of hydrogen-bond acceptors (Lipinski definition) is 9. The van der Waals surface area contributed by atoms with E-state index in [9.17, 15) is 10.1 Å². The summed E-state index contributed by atoms with van der Waals surface area (Å²) in [4.78, 5) is 26.3. The number of hydrogen-bond donors (Lipinski definition) is 0. The SMILES string of the molecule is COC(=O)[C@@H](C)N(C#N)c1nc(OC)nc(N(C)C)n1. The maximum Gasteiger partial charge on any atom is 0.329 e. The van der Waals surface area contributed by atoms with Crippen LogP contribution in [-0.2, 0) is 9.53 Å². The minimum Gasteiger partial charge on any atom is -0.467 e. The van der Waals surface area contributed by atoms with Crippen LogP contribution in [0.3, 0.4) is 0 Å². The van der Waals surface area contributed by atoms with Crippen LogP contribution < -0.4 is 14.5 Å². The Morgan fingerprint density at radius 2 is 1.85 bits per heavy atom. The first-order valence-corrected chi connectivity index (χ1v) is 5.68. The minimum atomic E-state index is -0.855. The maximum atomic E-state index is 11.5. The van der Waals surface area contributed by atoms with Gasteiger partial charge in [0, 0.05) is 14.1 Å². The lowest BCUT2D eigenvalue weighted by Gasteiger charge is -2.20. The molecule has 0 unspecified atom stereocenters. The zero-order valence-electron chi connectivity index (χ0n) is 12.0. The molecule has 9 heteroatoms. The summed E-state index contributed by atoms with van der Waals surface area (Å²) in [7, 11) is 6.12. The highest BCUT2D eigenvalue weighted by Crippen LogP contribution is 2.18. The van der Waals surface area contributed by atoms with Gasteiger partial charge >= 0.3 is 12.0 Å². The van der Waals surface area contributed by atoms with Crippen molar-refractivity contribution in [1.82, 2.24) is 15.0 Å². The molecular weight excluding hydrogens is 264 g/mol. The van der Waals surface area contributed by atoms with Crippen LogP contribution in [-0.4, -0.2) is 55.3 Å². The Morgan fingerprint density at radius 1 is 1.25 bits per heavy atom. The summed E-state index contributed by atoms with van der Waals surface area (Å²) >= 11 is 0. The van der Waals surface area contributed by atoms with E-state index >= 15 is 0 Å². The molecule has 0 aromatic carbocycles. The van der Waals surface area contributed by atoms with Crippen LogP contribution in [0.5, 0.6) is 6.01 Å². The van der Waals surface area contributed by atoms with Crippen molar-refractivity contribution in [2.45, 2.75) is 13.0 Å². The predicted octanol–water partition coefficient (Wildman–Crippen LogP) is -0.205. The highest BCUT2D eigenvalue weighted by Gasteiger charge is 2.26. The van der Waals surface area contributed by atoms with Gasteiger partial charge in [0.25, 0.3) is 0 Å².